The summed E-state index contributed by atoms with van der Waals surface area (Å²) in [5, 5.41) is 10.4. The third kappa shape index (κ3) is 4.51. The highest BCUT2D eigenvalue weighted by Gasteiger charge is 2.06. The molecular formula is C16H11Cl2N3OS. The molecule has 0 aliphatic carbocycles. The minimum Gasteiger partial charge on any atom is -0.485 e. The lowest BCUT2D eigenvalue weighted by Gasteiger charge is -2.05. The Labute approximate surface area is 147 Å². The molecule has 0 fully saturated rings. The second-order valence-corrected chi connectivity index (χ2v) is 6.39. The first-order valence-electron chi connectivity index (χ1n) is 6.70. The molecule has 0 amide bonds. The van der Waals surface area contributed by atoms with Crippen molar-refractivity contribution in [2.75, 3.05) is 0 Å². The summed E-state index contributed by atoms with van der Waals surface area (Å²) in [7, 11) is 0. The topological polar surface area (TPSA) is 47.4 Å². The molecule has 0 radical (unpaired) electrons. The number of ether oxygens (including phenoxy) is 1. The molecule has 0 saturated heterocycles. The van der Waals surface area contributed by atoms with Gasteiger partial charge in [-0.05, 0) is 23.8 Å². The van der Waals surface area contributed by atoms with Gasteiger partial charge in [-0.3, -0.25) is 0 Å². The number of nitrogens with zero attached hydrogens (tertiary/aromatic N) is 3. The van der Waals surface area contributed by atoms with Crippen molar-refractivity contribution in [3.05, 3.63) is 69.1 Å². The van der Waals surface area contributed by atoms with Gasteiger partial charge in [-0.15, -0.1) is 10.2 Å². The van der Waals surface area contributed by atoms with E-state index >= 15 is 0 Å². The second-order valence-electron chi connectivity index (χ2n) is 4.51. The van der Waals surface area contributed by atoms with Crippen molar-refractivity contribution in [3.63, 3.8) is 0 Å². The van der Waals surface area contributed by atoms with Crippen molar-refractivity contribution in [1.82, 2.24) is 10.2 Å². The number of aromatic nitrogens is 2. The van der Waals surface area contributed by atoms with Crippen LogP contribution in [0.25, 0.3) is 0 Å². The van der Waals surface area contributed by atoms with E-state index < -0.39 is 0 Å². The van der Waals surface area contributed by atoms with Gasteiger partial charge in [-0.2, -0.15) is 0 Å². The SMILES string of the molecule is Clc1ccc(OCc2nnc(N=Cc3ccccc3)s2)c(Cl)c1. The molecule has 3 rings (SSSR count). The number of benzene rings is 2. The first-order chi connectivity index (χ1) is 11.2. The van der Waals surface area contributed by atoms with Crippen molar-refractivity contribution >= 4 is 45.9 Å². The van der Waals surface area contributed by atoms with E-state index in [1.807, 2.05) is 30.3 Å². The Morgan fingerprint density at radius 1 is 1.09 bits per heavy atom. The van der Waals surface area contributed by atoms with Crippen LogP contribution < -0.4 is 4.74 Å². The highest BCUT2D eigenvalue weighted by molar-refractivity contribution is 7.14. The minimum absolute atomic E-state index is 0.278. The molecule has 1 aromatic heterocycles. The Bertz CT molecular complexity index is 821. The van der Waals surface area contributed by atoms with Gasteiger partial charge in [0.25, 0.3) is 0 Å². The quantitative estimate of drug-likeness (QED) is 0.587. The maximum Gasteiger partial charge on any atom is 0.231 e. The zero-order chi connectivity index (χ0) is 16.1. The average Bonchev–Trinajstić information content (AvgIpc) is 3.01. The van der Waals surface area contributed by atoms with Crippen molar-refractivity contribution in [2.24, 2.45) is 4.99 Å². The van der Waals surface area contributed by atoms with Crippen LogP contribution in [0.5, 0.6) is 5.75 Å². The summed E-state index contributed by atoms with van der Waals surface area (Å²) in [6, 6.07) is 14.9. The van der Waals surface area contributed by atoms with Gasteiger partial charge < -0.3 is 4.74 Å². The molecule has 23 heavy (non-hydrogen) atoms. The maximum absolute atomic E-state index is 6.05. The van der Waals surface area contributed by atoms with Gasteiger partial charge >= 0.3 is 0 Å². The van der Waals surface area contributed by atoms with Gasteiger partial charge in [-0.1, -0.05) is 64.9 Å². The predicted octanol–water partition coefficient (Wildman–Crippen LogP) is 5.17. The monoisotopic (exact) mass is 363 g/mol. The molecule has 0 saturated carbocycles. The normalized spacial score (nSPS) is 11.0. The second kappa shape index (κ2) is 7.55. The van der Waals surface area contributed by atoms with E-state index in [1.54, 1.807) is 24.4 Å². The zero-order valence-electron chi connectivity index (χ0n) is 11.8. The molecule has 4 nitrogen and oxygen atoms in total. The van der Waals surface area contributed by atoms with E-state index in [1.165, 1.54) is 11.3 Å². The molecular weight excluding hydrogens is 353 g/mol. The van der Waals surface area contributed by atoms with Crippen LogP contribution in [0, 0.1) is 0 Å². The third-order valence-electron chi connectivity index (χ3n) is 2.82. The highest BCUT2D eigenvalue weighted by atomic mass is 35.5. The van der Waals surface area contributed by atoms with Gasteiger partial charge in [-0.25, -0.2) is 4.99 Å². The summed E-state index contributed by atoms with van der Waals surface area (Å²) in [6.45, 7) is 0.278. The Hall–Kier alpha value is -1.95. The van der Waals surface area contributed by atoms with E-state index in [0.29, 0.717) is 20.9 Å². The fourth-order valence-electron chi connectivity index (χ4n) is 1.76. The summed E-state index contributed by atoms with van der Waals surface area (Å²) in [6.07, 6.45) is 1.75. The number of halogens is 2. The molecule has 0 spiro atoms. The average molecular weight is 364 g/mol. The molecule has 0 bridgehead atoms. The van der Waals surface area contributed by atoms with Crippen LogP contribution in [0.1, 0.15) is 10.6 Å². The van der Waals surface area contributed by atoms with Gasteiger partial charge in [0.05, 0.1) is 5.02 Å². The first kappa shape index (κ1) is 15.9. The molecule has 7 heteroatoms. The largest absolute Gasteiger partial charge is 0.485 e. The van der Waals surface area contributed by atoms with Crippen molar-refractivity contribution in [2.45, 2.75) is 6.61 Å². The summed E-state index contributed by atoms with van der Waals surface area (Å²) < 4.78 is 5.62. The molecule has 116 valence electrons. The van der Waals surface area contributed by atoms with Crippen LogP contribution in [0.3, 0.4) is 0 Å². The van der Waals surface area contributed by atoms with Crippen LogP contribution in [0.2, 0.25) is 10.0 Å². The number of hydrogen-bond donors (Lipinski definition) is 0. The van der Waals surface area contributed by atoms with Crippen LogP contribution in [-0.4, -0.2) is 16.4 Å². The van der Waals surface area contributed by atoms with Crippen molar-refractivity contribution in [3.8, 4) is 5.75 Å². The fraction of sp³-hybridized carbons (Fsp3) is 0.0625. The van der Waals surface area contributed by atoms with Crippen LogP contribution >= 0.6 is 34.5 Å². The van der Waals surface area contributed by atoms with E-state index in [-0.39, 0.29) is 6.61 Å². The minimum atomic E-state index is 0.278. The van der Waals surface area contributed by atoms with Gasteiger partial charge in [0.15, 0.2) is 5.01 Å². The van der Waals surface area contributed by atoms with Crippen LogP contribution in [0.4, 0.5) is 5.13 Å². The number of rotatable bonds is 5. The third-order valence-corrected chi connectivity index (χ3v) is 4.16. The smallest absolute Gasteiger partial charge is 0.231 e. The van der Waals surface area contributed by atoms with Crippen LogP contribution in [-0.2, 0) is 6.61 Å². The van der Waals surface area contributed by atoms with Gasteiger partial charge in [0.1, 0.15) is 12.4 Å². The Morgan fingerprint density at radius 3 is 2.70 bits per heavy atom. The predicted molar refractivity (Wildman–Crippen MR) is 94.4 cm³/mol. The molecule has 0 aliphatic rings. The van der Waals surface area contributed by atoms with Crippen molar-refractivity contribution < 1.29 is 4.74 Å². The lowest BCUT2D eigenvalue weighted by Crippen LogP contribution is -1.95. The van der Waals surface area contributed by atoms with E-state index in [2.05, 4.69) is 15.2 Å². The van der Waals surface area contributed by atoms with Crippen molar-refractivity contribution in [1.29, 1.82) is 0 Å². The molecule has 1 heterocycles. The fourth-order valence-corrected chi connectivity index (χ4v) is 2.82. The Morgan fingerprint density at radius 2 is 1.91 bits per heavy atom. The summed E-state index contributed by atoms with van der Waals surface area (Å²) >= 11 is 13.3. The number of hydrogen-bond acceptors (Lipinski definition) is 5. The summed E-state index contributed by atoms with van der Waals surface area (Å²) in [4.78, 5) is 4.30. The Kier molecular flexibility index (Phi) is 5.23. The summed E-state index contributed by atoms with van der Waals surface area (Å²) in [5.74, 6) is 0.556. The highest BCUT2D eigenvalue weighted by Crippen LogP contribution is 2.28. The van der Waals surface area contributed by atoms with E-state index in [0.717, 1.165) is 10.6 Å². The lowest BCUT2D eigenvalue weighted by atomic mass is 10.2. The van der Waals surface area contributed by atoms with E-state index in [4.69, 9.17) is 27.9 Å². The van der Waals surface area contributed by atoms with Gasteiger partial charge in [0, 0.05) is 11.2 Å². The number of aliphatic imine (C=N–C) groups is 1. The molecule has 0 atom stereocenters. The van der Waals surface area contributed by atoms with E-state index in [9.17, 15) is 0 Å². The molecule has 0 N–H and O–H groups in total. The maximum atomic E-state index is 6.05. The lowest BCUT2D eigenvalue weighted by molar-refractivity contribution is 0.305. The first-order valence-corrected chi connectivity index (χ1v) is 8.27. The van der Waals surface area contributed by atoms with Gasteiger partial charge in [0.2, 0.25) is 5.13 Å². The molecule has 2 aromatic carbocycles. The molecule has 0 unspecified atom stereocenters. The Balaban J connectivity index is 1.62. The molecule has 0 aliphatic heterocycles. The standard InChI is InChI=1S/C16H11Cl2N3OS/c17-12-6-7-14(13(18)8-12)22-10-15-20-21-16(23-15)19-9-11-4-2-1-3-5-11/h1-9H,10H2. The zero-order valence-corrected chi connectivity index (χ0v) is 14.1. The summed E-state index contributed by atoms with van der Waals surface area (Å²) in [5.41, 5.74) is 1.01. The van der Waals surface area contributed by atoms with Crippen LogP contribution in [0.15, 0.2) is 53.5 Å². The molecule has 3 aromatic rings.